The van der Waals surface area contributed by atoms with E-state index in [9.17, 15) is 0 Å². The van der Waals surface area contributed by atoms with Gasteiger partial charge >= 0.3 is 0 Å². The fourth-order valence-corrected chi connectivity index (χ4v) is 3.27. The summed E-state index contributed by atoms with van der Waals surface area (Å²) in [6, 6.07) is 0. The number of halogens is 1. The predicted octanol–water partition coefficient (Wildman–Crippen LogP) is 2.08. The monoisotopic (exact) mass is 241 g/mol. The second-order valence-electron chi connectivity index (χ2n) is 3.98. The number of rotatable bonds is 2. The van der Waals surface area contributed by atoms with Gasteiger partial charge in [-0.2, -0.15) is 11.8 Å². The van der Waals surface area contributed by atoms with Crippen molar-refractivity contribution in [1.29, 1.82) is 0 Å². The zero-order chi connectivity index (χ0) is 10.3. The summed E-state index contributed by atoms with van der Waals surface area (Å²) >= 11 is 8.00. The number of thioether (sulfide) groups is 1. The highest BCUT2D eigenvalue weighted by Crippen LogP contribution is 2.32. The molecule has 80 valence electrons. The third kappa shape index (κ3) is 1.86. The zero-order valence-electron chi connectivity index (χ0n) is 8.37. The van der Waals surface area contributed by atoms with Crippen molar-refractivity contribution in [3.8, 4) is 0 Å². The first kappa shape index (κ1) is 9.87. The fraction of sp³-hybridized carbons (Fsp3) is 0.600. The van der Waals surface area contributed by atoms with Gasteiger partial charge in [-0.25, -0.2) is 9.97 Å². The highest BCUT2D eigenvalue weighted by atomic mass is 35.5. The lowest BCUT2D eigenvalue weighted by molar-refractivity contribution is 0.168. The highest BCUT2D eigenvalue weighted by molar-refractivity contribution is 7.98. The van der Waals surface area contributed by atoms with Gasteiger partial charge in [0.05, 0.1) is 12.2 Å². The lowest BCUT2D eigenvalue weighted by Crippen LogP contribution is -2.36. The quantitative estimate of drug-likeness (QED) is 0.742. The lowest BCUT2D eigenvalue weighted by atomic mass is 10.2. The van der Waals surface area contributed by atoms with Gasteiger partial charge in [0.25, 0.3) is 0 Å². The van der Waals surface area contributed by atoms with Gasteiger partial charge in [-0.3, -0.25) is 4.90 Å². The molecule has 2 aliphatic rings. The van der Waals surface area contributed by atoms with E-state index in [0.29, 0.717) is 5.15 Å². The first-order valence-corrected chi connectivity index (χ1v) is 6.70. The molecule has 0 amide bonds. The third-order valence-corrected chi connectivity index (χ3v) is 4.17. The zero-order valence-corrected chi connectivity index (χ0v) is 9.94. The summed E-state index contributed by atoms with van der Waals surface area (Å²) < 4.78 is 0. The number of hydrogen-bond donors (Lipinski definition) is 0. The van der Waals surface area contributed by atoms with Crippen molar-refractivity contribution in [3.05, 3.63) is 22.2 Å². The van der Waals surface area contributed by atoms with Crippen molar-refractivity contribution in [1.82, 2.24) is 14.9 Å². The maximum absolute atomic E-state index is 6.14. The predicted molar refractivity (Wildman–Crippen MR) is 61.9 cm³/mol. The highest BCUT2D eigenvalue weighted by Gasteiger charge is 2.21. The molecule has 1 saturated heterocycles. The summed E-state index contributed by atoms with van der Waals surface area (Å²) in [5, 5.41) is 0.667. The Labute approximate surface area is 98.2 Å². The Kier molecular flexibility index (Phi) is 2.58. The first-order valence-electron chi connectivity index (χ1n) is 5.17. The van der Waals surface area contributed by atoms with Crippen LogP contribution in [0.15, 0.2) is 0 Å². The Morgan fingerprint density at radius 1 is 1.27 bits per heavy atom. The van der Waals surface area contributed by atoms with Gasteiger partial charge in [0, 0.05) is 17.1 Å². The van der Waals surface area contributed by atoms with Crippen LogP contribution in [0.5, 0.6) is 0 Å². The van der Waals surface area contributed by atoms with Gasteiger partial charge in [-0.1, -0.05) is 11.6 Å². The molecule has 5 heteroatoms. The molecule has 1 aromatic rings. The van der Waals surface area contributed by atoms with Crippen molar-refractivity contribution in [2.24, 2.45) is 0 Å². The molecule has 0 N–H and O–H groups in total. The molecule has 0 aromatic carbocycles. The van der Waals surface area contributed by atoms with Gasteiger partial charge in [-0.15, -0.1) is 0 Å². The molecule has 15 heavy (non-hydrogen) atoms. The molecule has 3 rings (SSSR count). The molecule has 3 heterocycles. The van der Waals surface area contributed by atoms with Crippen LogP contribution in [0.4, 0.5) is 0 Å². The van der Waals surface area contributed by atoms with Crippen LogP contribution in [-0.4, -0.2) is 28.0 Å². The van der Waals surface area contributed by atoms with Gasteiger partial charge in [0.1, 0.15) is 11.0 Å². The van der Waals surface area contributed by atoms with Crippen LogP contribution < -0.4 is 0 Å². The molecule has 3 nitrogen and oxygen atoms in total. The summed E-state index contributed by atoms with van der Waals surface area (Å²) in [6.45, 7) is 3.21. The maximum Gasteiger partial charge on any atom is 0.144 e. The van der Waals surface area contributed by atoms with E-state index < -0.39 is 0 Å². The van der Waals surface area contributed by atoms with Crippen LogP contribution in [0.1, 0.15) is 23.5 Å². The molecule has 0 bridgehead atoms. The lowest BCUT2D eigenvalue weighted by Gasteiger charge is -2.29. The van der Waals surface area contributed by atoms with Crippen molar-refractivity contribution in [2.45, 2.75) is 24.5 Å². The van der Waals surface area contributed by atoms with Gasteiger partial charge in [-0.05, 0) is 19.5 Å². The van der Waals surface area contributed by atoms with E-state index in [4.69, 9.17) is 11.6 Å². The van der Waals surface area contributed by atoms with Crippen molar-refractivity contribution < 1.29 is 0 Å². The van der Waals surface area contributed by atoms with Crippen LogP contribution in [0.25, 0.3) is 0 Å². The van der Waals surface area contributed by atoms with E-state index in [-0.39, 0.29) is 0 Å². The average Bonchev–Trinajstić information content (AvgIpc) is 2.59. The van der Waals surface area contributed by atoms with Crippen molar-refractivity contribution in [2.75, 3.05) is 13.1 Å². The Morgan fingerprint density at radius 3 is 2.87 bits per heavy atom. The van der Waals surface area contributed by atoms with Gasteiger partial charge < -0.3 is 0 Å². The van der Waals surface area contributed by atoms with Crippen LogP contribution >= 0.6 is 23.4 Å². The first-order chi connectivity index (χ1) is 7.33. The van der Waals surface area contributed by atoms with E-state index in [1.54, 1.807) is 0 Å². The number of fused-ring (bicyclic) bond motifs is 1. The maximum atomic E-state index is 6.14. The SMILES string of the molecule is Clc1nc(CN2CCC2)nc2c1CSC2. The molecular weight excluding hydrogens is 230 g/mol. The Hall–Kier alpha value is -0.320. The molecule has 1 aromatic heterocycles. The minimum atomic E-state index is 0.667. The number of nitrogens with zero attached hydrogens (tertiary/aromatic N) is 3. The Morgan fingerprint density at radius 2 is 2.13 bits per heavy atom. The van der Waals surface area contributed by atoms with Crippen molar-refractivity contribution >= 4 is 23.4 Å². The summed E-state index contributed by atoms with van der Waals surface area (Å²) in [5.74, 6) is 2.85. The second-order valence-corrected chi connectivity index (χ2v) is 5.32. The summed E-state index contributed by atoms with van der Waals surface area (Å²) in [6.07, 6.45) is 1.30. The average molecular weight is 242 g/mol. The summed E-state index contributed by atoms with van der Waals surface area (Å²) in [5.41, 5.74) is 2.30. The Balaban J connectivity index is 1.86. The molecule has 2 aliphatic heterocycles. The summed E-state index contributed by atoms with van der Waals surface area (Å²) in [4.78, 5) is 11.3. The fourth-order valence-electron chi connectivity index (χ4n) is 1.87. The van der Waals surface area contributed by atoms with Crippen LogP contribution in [0.2, 0.25) is 5.15 Å². The molecule has 0 saturated carbocycles. The smallest absolute Gasteiger partial charge is 0.144 e. The second kappa shape index (κ2) is 3.92. The molecule has 0 spiro atoms. The summed E-state index contributed by atoms with van der Waals surface area (Å²) in [7, 11) is 0. The van der Waals surface area contributed by atoms with E-state index in [0.717, 1.165) is 35.1 Å². The standard InChI is InChI=1S/C10H12ClN3S/c11-10-7-5-15-6-8(7)12-9(13-10)4-14-2-1-3-14/h1-6H2. The minimum Gasteiger partial charge on any atom is -0.296 e. The van der Waals surface area contributed by atoms with Crippen molar-refractivity contribution in [3.63, 3.8) is 0 Å². The molecule has 0 unspecified atom stereocenters. The number of hydrogen-bond acceptors (Lipinski definition) is 4. The minimum absolute atomic E-state index is 0.667. The Bertz CT molecular complexity index is 392. The van der Waals surface area contributed by atoms with Gasteiger partial charge in [0.15, 0.2) is 0 Å². The normalized spacial score (nSPS) is 20.1. The van der Waals surface area contributed by atoms with E-state index in [1.807, 2.05) is 11.8 Å². The largest absolute Gasteiger partial charge is 0.296 e. The number of likely N-dealkylation sites (tertiary alicyclic amines) is 1. The topological polar surface area (TPSA) is 29.0 Å². The molecule has 0 atom stereocenters. The molecule has 0 aliphatic carbocycles. The van der Waals surface area contributed by atoms with Crippen LogP contribution in [0, 0.1) is 0 Å². The van der Waals surface area contributed by atoms with E-state index >= 15 is 0 Å². The molecule has 1 fully saturated rings. The van der Waals surface area contributed by atoms with Crippen LogP contribution in [-0.2, 0) is 18.1 Å². The van der Waals surface area contributed by atoms with Crippen LogP contribution in [0.3, 0.4) is 0 Å². The van der Waals surface area contributed by atoms with E-state index in [1.165, 1.54) is 19.5 Å². The third-order valence-electron chi connectivity index (χ3n) is 2.89. The number of aromatic nitrogens is 2. The molecular formula is C10H12ClN3S. The van der Waals surface area contributed by atoms with E-state index in [2.05, 4.69) is 14.9 Å². The van der Waals surface area contributed by atoms with Gasteiger partial charge in [0.2, 0.25) is 0 Å². The molecule has 0 radical (unpaired) electrons.